The van der Waals surface area contributed by atoms with Crippen molar-refractivity contribution in [1.29, 1.82) is 0 Å². The van der Waals surface area contributed by atoms with Gasteiger partial charge in [-0.3, -0.25) is 19.2 Å². The fraction of sp³-hybridized carbons (Fsp3) is 0.816. The summed E-state index contributed by atoms with van der Waals surface area (Å²) >= 11 is 0. The highest BCUT2D eigenvalue weighted by Gasteiger charge is 2.48. The number of carbonyl (C=O) groups is 5. The highest BCUT2D eigenvalue weighted by Crippen LogP contribution is 2.35. The van der Waals surface area contributed by atoms with Crippen LogP contribution in [0.3, 0.4) is 0 Å². The van der Waals surface area contributed by atoms with Gasteiger partial charge in [0, 0.05) is 13.1 Å². The van der Waals surface area contributed by atoms with Crippen LogP contribution < -0.4 is 21.3 Å². The number of amides is 5. The summed E-state index contributed by atoms with van der Waals surface area (Å²) in [6.07, 6.45) is 10.2. The van der Waals surface area contributed by atoms with Gasteiger partial charge in [-0.2, -0.15) is 0 Å². The first-order valence-corrected chi connectivity index (χ1v) is 20.8. The van der Waals surface area contributed by atoms with Crippen molar-refractivity contribution in [2.24, 2.45) is 23.7 Å². The minimum Gasteiger partial charge on any atom is -0.346 e. The van der Waals surface area contributed by atoms with Gasteiger partial charge < -0.3 is 26.2 Å². The van der Waals surface area contributed by atoms with E-state index in [1.54, 1.807) is 25.7 Å². The molecule has 2 saturated carbocycles. The van der Waals surface area contributed by atoms with Crippen molar-refractivity contribution in [3.8, 4) is 0 Å². The molecule has 4 N–H and O–H groups in total. The van der Waals surface area contributed by atoms with Crippen LogP contribution in [-0.4, -0.2) is 90.1 Å². The molecule has 0 aromatic heterocycles. The number of Topliss-reactive ketones (excluding diaryl/α,β-unsaturated/α-hetero) is 1. The SMILES string of the molecule is C=CCNC(=O)C(=O)C(CC(C)C)NC(=O)[C@@H]1[C@@H](C(C)C)CCN1C(=O)[C@@H](NC(=O)NC1(CS(=O)(=O)C(C)(C)C)CCCCC1)C1CCCCC1. The first-order valence-electron chi connectivity index (χ1n) is 19.2. The number of ketones is 1. The molecule has 1 aliphatic heterocycles. The minimum atomic E-state index is -3.56. The number of hydrogen-bond donors (Lipinski definition) is 4. The largest absolute Gasteiger partial charge is 0.346 e. The normalized spacial score (nSPS) is 22.6. The van der Waals surface area contributed by atoms with Crippen LogP contribution in [0.5, 0.6) is 0 Å². The standard InChI is InChI=1S/C38H65N5O7S/c1-9-21-39-34(46)32(44)29(23-25(2)3)40-33(45)31-28(26(4)5)18-22-43(31)35(47)30(27-16-12-10-13-17-27)41-36(48)42-38(19-14-11-15-20-38)24-51(49,50)37(6,7)8/h9,25-31H,1,10-24H2,2-8H3,(H,39,46)(H,40,45)(H2,41,42,48)/t28-,29?,30+,31+/m1/s1. The van der Waals surface area contributed by atoms with Crippen LogP contribution in [0.1, 0.15) is 126 Å². The second-order valence-corrected chi connectivity index (χ2v) is 19.7. The quantitative estimate of drug-likeness (QED) is 0.142. The van der Waals surface area contributed by atoms with Crippen LogP contribution in [0.15, 0.2) is 12.7 Å². The zero-order valence-electron chi connectivity index (χ0n) is 32.1. The Kier molecular flexibility index (Phi) is 15.1. The maximum absolute atomic E-state index is 14.7. The molecule has 0 aromatic rings. The van der Waals surface area contributed by atoms with Gasteiger partial charge in [0.2, 0.25) is 17.6 Å². The summed E-state index contributed by atoms with van der Waals surface area (Å²) in [7, 11) is -3.56. The Morgan fingerprint density at radius 1 is 0.902 bits per heavy atom. The average molecular weight is 736 g/mol. The van der Waals surface area contributed by atoms with E-state index in [1.807, 2.05) is 27.7 Å². The molecule has 12 nitrogen and oxygen atoms in total. The zero-order valence-corrected chi connectivity index (χ0v) is 33.0. The maximum atomic E-state index is 14.7. The van der Waals surface area contributed by atoms with Crippen molar-refractivity contribution < 1.29 is 32.4 Å². The number of nitrogens with one attached hydrogen (secondary N) is 4. The third-order valence-corrected chi connectivity index (χ3v) is 13.9. The Bertz CT molecular complexity index is 1360. The molecular weight excluding hydrogens is 671 g/mol. The summed E-state index contributed by atoms with van der Waals surface area (Å²) in [5, 5.41) is 11.4. The monoisotopic (exact) mass is 735 g/mol. The molecule has 3 fully saturated rings. The van der Waals surface area contributed by atoms with E-state index in [4.69, 9.17) is 0 Å². The molecule has 290 valence electrons. The lowest BCUT2D eigenvalue weighted by atomic mass is 9.82. The first-order chi connectivity index (χ1) is 23.8. The molecule has 2 aliphatic carbocycles. The lowest BCUT2D eigenvalue weighted by Crippen LogP contribution is -2.63. The summed E-state index contributed by atoms with van der Waals surface area (Å²) in [6.45, 7) is 16.8. The van der Waals surface area contributed by atoms with Gasteiger partial charge in [-0.15, -0.1) is 6.58 Å². The van der Waals surface area contributed by atoms with Crippen molar-refractivity contribution in [3.05, 3.63) is 12.7 Å². The summed E-state index contributed by atoms with van der Waals surface area (Å²) in [4.78, 5) is 70.2. The van der Waals surface area contributed by atoms with Crippen molar-refractivity contribution in [3.63, 3.8) is 0 Å². The zero-order chi connectivity index (χ0) is 38.1. The van der Waals surface area contributed by atoms with Gasteiger partial charge in [0.1, 0.15) is 12.1 Å². The van der Waals surface area contributed by atoms with Gasteiger partial charge in [0.15, 0.2) is 9.84 Å². The molecule has 0 radical (unpaired) electrons. The Morgan fingerprint density at radius 3 is 2.06 bits per heavy atom. The number of carbonyl (C=O) groups excluding carboxylic acids is 5. The van der Waals surface area contributed by atoms with E-state index in [2.05, 4.69) is 27.8 Å². The molecule has 51 heavy (non-hydrogen) atoms. The van der Waals surface area contributed by atoms with E-state index < -0.39 is 61.9 Å². The Morgan fingerprint density at radius 2 is 1.51 bits per heavy atom. The van der Waals surface area contributed by atoms with Crippen LogP contribution in [0.2, 0.25) is 0 Å². The number of nitrogens with zero attached hydrogens (tertiary/aromatic N) is 1. The van der Waals surface area contributed by atoms with Gasteiger partial charge in [0.05, 0.1) is 22.1 Å². The van der Waals surface area contributed by atoms with Gasteiger partial charge in [-0.05, 0) is 83.0 Å². The van der Waals surface area contributed by atoms with Crippen LogP contribution in [0.4, 0.5) is 4.79 Å². The van der Waals surface area contributed by atoms with E-state index in [0.29, 0.717) is 25.8 Å². The second kappa shape index (κ2) is 18.2. The molecular formula is C38H65N5O7S. The van der Waals surface area contributed by atoms with E-state index >= 15 is 0 Å². The van der Waals surface area contributed by atoms with E-state index in [0.717, 1.165) is 51.4 Å². The van der Waals surface area contributed by atoms with E-state index in [1.165, 1.54) is 6.08 Å². The van der Waals surface area contributed by atoms with Crippen molar-refractivity contribution in [2.45, 2.75) is 154 Å². The highest BCUT2D eigenvalue weighted by atomic mass is 32.2. The fourth-order valence-electron chi connectivity index (χ4n) is 8.03. The molecule has 1 heterocycles. The Labute approximate surface area is 306 Å². The maximum Gasteiger partial charge on any atom is 0.315 e. The van der Waals surface area contributed by atoms with Crippen LogP contribution in [-0.2, 0) is 29.0 Å². The van der Waals surface area contributed by atoms with Gasteiger partial charge in [-0.25, -0.2) is 13.2 Å². The third kappa shape index (κ3) is 11.3. The molecule has 5 amide bonds. The molecule has 1 unspecified atom stereocenters. The van der Waals surface area contributed by atoms with Crippen LogP contribution >= 0.6 is 0 Å². The predicted octanol–water partition coefficient (Wildman–Crippen LogP) is 4.43. The van der Waals surface area contributed by atoms with Gasteiger partial charge in [0.25, 0.3) is 5.91 Å². The molecule has 3 rings (SSSR count). The molecule has 3 aliphatic rings. The van der Waals surface area contributed by atoms with E-state index in [-0.39, 0.29) is 48.3 Å². The molecule has 13 heteroatoms. The lowest BCUT2D eigenvalue weighted by molar-refractivity contribution is -0.144. The summed E-state index contributed by atoms with van der Waals surface area (Å²) in [5.41, 5.74) is -0.941. The van der Waals surface area contributed by atoms with Crippen molar-refractivity contribution in [1.82, 2.24) is 26.2 Å². The van der Waals surface area contributed by atoms with Crippen LogP contribution in [0, 0.1) is 23.7 Å². The number of rotatable bonds is 15. The van der Waals surface area contributed by atoms with Crippen molar-refractivity contribution in [2.75, 3.05) is 18.8 Å². The van der Waals surface area contributed by atoms with Crippen molar-refractivity contribution >= 4 is 39.4 Å². The highest BCUT2D eigenvalue weighted by molar-refractivity contribution is 7.92. The molecule has 0 aromatic carbocycles. The van der Waals surface area contributed by atoms with Gasteiger partial charge in [-0.1, -0.05) is 72.3 Å². The van der Waals surface area contributed by atoms with Crippen LogP contribution in [0.25, 0.3) is 0 Å². The fourth-order valence-corrected chi connectivity index (χ4v) is 9.55. The predicted molar refractivity (Wildman–Crippen MR) is 199 cm³/mol. The molecule has 0 spiro atoms. The molecule has 4 atom stereocenters. The number of sulfone groups is 1. The smallest absolute Gasteiger partial charge is 0.315 e. The summed E-state index contributed by atoms with van der Waals surface area (Å²) in [5.74, 6) is -2.89. The molecule has 1 saturated heterocycles. The second-order valence-electron chi connectivity index (χ2n) is 16.9. The summed E-state index contributed by atoms with van der Waals surface area (Å²) < 4.78 is 25.8. The number of urea groups is 1. The van der Waals surface area contributed by atoms with Gasteiger partial charge >= 0.3 is 6.03 Å². The third-order valence-electron chi connectivity index (χ3n) is 11.1. The number of hydrogen-bond acceptors (Lipinski definition) is 7. The average Bonchev–Trinajstić information content (AvgIpc) is 3.51. The Hall–Kier alpha value is -2.96. The van der Waals surface area contributed by atoms with E-state index in [9.17, 15) is 32.4 Å². The lowest BCUT2D eigenvalue weighted by Gasteiger charge is -2.41. The Balaban J connectivity index is 1.91. The first kappa shape index (κ1) is 42.5. The summed E-state index contributed by atoms with van der Waals surface area (Å²) in [6, 6.07) is -3.45. The molecule has 0 bridgehead atoms. The topological polar surface area (TPSA) is 171 Å². The number of likely N-dealkylation sites (tertiary alicyclic amines) is 1. The minimum absolute atomic E-state index is 0.00194.